The van der Waals surface area contributed by atoms with E-state index in [4.69, 9.17) is 15.3 Å². The third-order valence-corrected chi connectivity index (χ3v) is 7.67. The number of benzene rings is 1. The summed E-state index contributed by atoms with van der Waals surface area (Å²) >= 11 is 1.39. The van der Waals surface area contributed by atoms with Crippen molar-refractivity contribution >= 4 is 44.4 Å². The molecule has 1 amide bonds. The van der Waals surface area contributed by atoms with Gasteiger partial charge in [0.2, 0.25) is 0 Å². The number of nitrogens with two attached hydrogens (primary N) is 1. The van der Waals surface area contributed by atoms with E-state index in [1.165, 1.54) is 48.0 Å². The summed E-state index contributed by atoms with van der Waals surface area (Å²) in [4.78, 5) is 30.4. The van der Waals surface area contributed by atoms with Crippen LogP contribution in [0.2, 0.25) is 0 Å². The minimum atomic E-state index is -3.53. The number of carbonyl (C=O) groups is 1. The zero-order valence-corrected chi connectivity index (χ0v) is 18.9. The van der Waals surface area contributed by atoms with Crippen molar-refractivity contribution in [3.05, 3.63) is 58.8 Å². The van der Waals surface area contributed by atoms with Gasteiger partial charge in [-0.05, 0) is 18.6 Å². The number of ether oxygens (including phenoxy) is 1. The van der Waals surface area contributed by atoms with E-state index < -0.39 is 21.0 Å². The van der Waals surface area contributed by atoms with Crippen molar-refractivity contribution in [3.63, 3.8) is 0 Å². The molecular formula is C20H20N6O5S2. The Labute approximate surface area is 193 Å². The van der Waals surface area contributed by atoms with E-state index in [9.17, 15) is 13.2 Å². The first-order valence-corrected chi connectivity index (χ1v) is 12.3. The van der Waals surface area contributed by atoms with Gasteiger partial charge in [-0.25, -0.2) is 23.4 Å². The number of rotatable bonds is 8. The average Bonchev–Trinajstić information content (AvgIpc) is 3.53. The standard InChI is InChI=1S/C20H20N6O5S2/c21-16-9-24-17(10-23-16)25-20(27)19(26-31-12-18-22-6-8-32-18)13-1-3-14(4-2-13)33(28,29)15-5-7-30-11-15/h1-4,6,8-10,15H,5,7,11-12H2,(H2,21,23)(H,24,25,27)/b26-19+/t15-/m0/s1. The predicted molar refractivity (Wildman–Crippen MR) is 121 cm³/mol. The lowest BCUT2D eigenvalue weighted by Crippen LogP contribution is -2.25. The Hall–Kier alpha value is -3.42. The molecule has 1 atom stereocenters. The first kappa shape index (κ1) is 22.8. The summed E-state index contributed by atoms with van der Waals surface area (Å²) in [5.41, 5.74) is 5.81. The molecule has 0 spiro atoms. The van der Waals surface area contributed by atoms with Crippen molar-refractivity contribution in [1.82, 2.24) is 15.0 Å². The summed E-state index contributed by atoms with van der Waals surface area (Å²) < 4.78 is 30.8. The summed E-state index contributed by atoms with van der Waals surface area (Å²) in [6.45, 7) is 0.667. The second-order valence-corrected chi connectivity index (χ2v) is 10.2. The molecule has 3 heterocycles. The highest BCUT2D eigenvalue weighted by Crippen LogP contribution is 2.23. The van der Waals surface area contributed by atoms with Crippen LogP contribution in [0, 0.1) is 0 Å². The number of oxime groups is 1. The SMILES string of the molecule is Nc1cnc(NC(=O)/C(=N/OCc2nccs2)c2ccc(S(=O)(=O)[C@H]3CCOC3)cc2)cn1. The molecule has 11 nitrogen and oxygen atoms in total. The van der Waals surface area contributed by atoms with Gasteiger partial charge in [0.25, 0.3) is 5.91 Å². The lowest BCUT2D eigenvalue weighted by atomic mass is 10.1. The fourth-order valence-corrected chi connectivity index (χ4v) is 5.14. The number of aromatic nitrogens is 3. The van der Waals surface area contributed by atoms with E-state index in [1.54, 1.807) is 11.6 Å². The fourth-order valence-electron chi connectivity index (χ4n) is 3.03. The third kappa shape index (κ3) is 5.50. The molecule has 1 aliphatic heterocycles. The van der Waals surface area contributed by atoms with E-state index in [0.717, 1.165) is 0 Å². The Morgan fingerprint density at radius 3 is 2.70 bits per heavy atom. The molecule has 0 unspecified atom stereocenters. The molecule has 3 N–H and O–H groups in total. The molecule has 1 saturated heterocycles. The number of hydrogen-bond acceptors (Lipinski definition) is 11. The van der Waals surface area contributed by atoms with Gasteiger partial charge >= 0.3 is 0 Å². The number of hydrogen-bond donors (Lipinski definition) is 2. The minimum absolute atomic E-state index is 0.0710. The molecule has 3 aromatic rings. The van der Waals surface area contributed by atoms with Crippen LogP contribution in [0.4, 0.5) is 11.6 Å². The van der Waals surface area contributed by atoms with Crippen molar-refractivity contribution in [2.24, 2.45) is 5.16 Å². The van der Waals surface area contributed by atoms with Crippen molar-refractivity contribution < 1.29 is 22.8 Å². The summed E-state index contributed by atoms with van der Waals surface area (Å²) in [6, 6.07) is 5.89. The molecular weight excluding hydrogens is 468 g/mol. The first-order chi connectivity index (χ1) is 15.9. The highest BCUT2D eigenvalue weighted by atomic mass is 32.2. The zero-order chi connectivity index (χ0) is 23.3. The van der Waals surface area contributed by atoms with E-state index in [-0.39, 0.29) is 35.5 Å². The number of nitrogen functional groups attached to an aromatic ring is 1. The summed E-state index contributed by atoms with van der Waals surface area (Å²) in [5, 5.41) is 8.46. The van der Waals surface area contributed by atoms with Crippen LogP contribution in [0.1, 0.15) is 17.0 Å². The second kappa shape index (κ2) is 10.0. The van der Waals surface area contributed by atoms with E-state index in [0.29, 0.717) is 23.6 Å². The monoisotopic (exact) mass is 488 g/mol. The molecule has 1 aromatic carbocycles. The predicted octanol–water partition coefficient (Wildman–Crippen LogP) is 1.64. The molecule has 0 saturated carbocycles. The van der Waals surface area contributed by atoms with Crippen molar-refractivity contribution in [2.75, 3.05) is 24.3 Å². The third-order valence-electron chi connectivity index (χ3n) is 4.74. The number of sulfone groups is 1. The summed E-state index contributed by atoms with van der Waals surface area (Å²) in [5.74, 6) is -0.242. The molecule has 0 radical (unpaired) electrons. The number of amides is 1. The van der Waals surface area contributed by atoms with Crippen LogP contribution in [0.3, 0.4) is 0 Å². The number of anilines is 2. The van der Waals surface area contributed by atoms with E-state index >= 15 is 0 Å². The van der Waals surface area contributed by atoms with Gasteiger partial charge < -0.3 is 20.6 Å². The minimum Gasteiger partial charge on any atom is -0.388 e. The molecule has 0 aliphatic carbocycles. The number of thiazole rings is 1. The van der Waals surface area contributed by atoms with Crippen LogP contribution in [-0.2, 0) is 30.8 Å². The average molecular weight is 489 g/mol. The highest BCUT2D eigenvalue weighted by molar-refractivity contribution is 7.92. The lowest BCUT2D eigenvalue weighted by molar-refractivity contribution is -0.110. The quantitative estimate of drug-likeness (QED) is 0.355. The highest BCUT2D eigenvalue weighted by Gasteiger charge is 2.31. The van der Waals surface area contributed by atoms with Crippen LogP contribution in [0.15, 0.2) is 58.3 Å². The number of carbonyl (C=O) groups excluding carboxylic acids is 1. The van der Waals surface area contributed by atoms with Gasteiger partial charge in [0, 0.05) is 23.7 Å². The topological polar surface area (TPSA) is 159 Å². The molecule has 172 valence electrons. The van der Waals surface area contributed by atoms with Crippen molar-refractivity contribution in [2.45, 2.75) is 23.2 Å². The molecule has 2 aromatic heterocycles. The lowest BCUT2D eigenvalue weighted by Gasteiger charge is -2.11. The Morgan fingerprint density at radius 1 is 1.24 bits per heavy atom. The second-order valence-electron chi connectivity index (χ2n) is 6.97. The maximum absolute atomic E-state index is 12.9. The summed E-state index contributed by atoms with van der Waals surface area (Å²) in [7, 11) is -3.53. The van der Waals surface area contributed by atoms with Crippen LogP contribution >= 0.6 is 11.3 Å². The maximum Gasteiger partial charge on any atom is 0.279 e. The maximum atomic E-state index is 12.9. The Bertz CT molecular complexity index is 1220. The largest absolute Gasteiger partial charge is 0.388 e. The molecule has 33 heavy (non-hydrogen) atoms. The molecule has 1 fully saturated rings. The van der Waals surface area contributed by atoms with Crippen LogP contribution in [0.5, 0.6) is 0 Å². The summed E-state index contributed by atoms with van der Waals surface area (Å²) in [6.07, 6.45) is 4.69. The van der Waals surface area contributed by atoms with Gasteiger partial charge in [-0.2, -0.15) is 0 Å². The van der Waals surface area contributed by atoms with Gasteiger partial charge in [0.1, 0.15) is 10.8 Å². The molecule has 4 rings (SSSR count). The van der Waals surface area contributed by atoms with Gasteiger partial charge in [-0.15, -0.1) is 11.3 Å². The normalized spacial score (nSPS) is 16.5. The van der Waals surface area contributed by atoms with Crippen LogP contribution < -0.4 is 11.1 Å². The van der Waals surface area contributed by atoms with E-state index in [1.807, 2.05) is 0 Å². The van der Waals surface area contributed by atoms with Gasteiger partial charge in [-0.1, -0.05) is 17.3 Å². The van der Waals surface area contributed by atoms with Gasteiger partial charge in [0.15, 0.2) is 28.0 Å². The van der Waals surface area contributed by atoms with Gasteiger partial charge in [-0.3, -0.25) is 4.79 Å². The zero-order valence-electron chi connectivity index (χ0n) is 17.2. The van der Waals surface area contributed by atoms with Crippen molar-refractivity contribution in [3.8, 4) is 0 Å². The fraction of sp³-hybridized carbons (Fsp3) is 0.250. The Morgan fingerprint density at radius 2 is 2.06 bits per heavy atom. The Balaban J connectivity index is 1.57. The molecule has 1 aliphatic rings. The Kier molecular flexibility index (Phi) is 6.91. The van der Waals surface area contributed by atoms with Gasteiger partial charge in [0.05, 0.1) is 29.1 Å². The smallest absolute Gasteiger partial charge is 0.279 e. The number of nitrogens with one attached hydrogen (secondary N) is 1. The number of nitrogens with zero attached hydrogens (tertiary/aromatic N) is 4. The first-order valence-electron chi connectivity index (χ1n) is 9.83. The van der Waals surface area contributed by atoms with E-state index in [2.05, 4.69) is 25.4 Å². The van der Waals surface area contributed by atoms with Crippen LogP contribution in [0.25, 0.3) is 0 Å². The molecule has 13 heteroatoms. The van der Waals surface area contributed by atoms with Crippen LogP contribution in [-0.4, -0.2) is 53.5 Å². The van der Waals surface area contributed by atoms with Crippen molar-refractivity contribution in [1.29, 1.82) is 0 Å². The molecule has 0 bridgehead atoms.